The molecule has 0 aromatic heterocycles. The summed E-state index contributed by atoms with van der Waals surface area (Å²) < 4.78 is 14.2. The molecule has 0 amide bonds. The summed E-state index contributed by atoms with van der Waals surface area (Å²) in [5.74, 6) is -0.552. The number of carboxylic acid groups (broad SMARTS) is 1. The molecule has 1 aromatic rings. The highest BCUT2D eigenvalue weighted by molar-refractivity contribution is 5.94. The van der Waals surface area contributed by atoms with Gasteiger partial charge in [0.15, 0.2) is 0 Å². The highest BCUT2D eigenvalue weighted by atomic mass is 19.1. The minimum Gasteiger partial charge on any atom is -0.478 e. The fraction of sp³-hybridized carbons (Fsp3) is 0.588. The van der Waals surface area contributed by atoms with Crippen LogP contribution in [0.2, 0.25) is 0 Å². The maximum atomic E-state index is 14.2. The lowest BCUT2D eigenvalue weighted by molar-refractivity contribution is 0.0697. The molecular formula is C17H26FNO2. The van der Waals surface area contributed by atoms with Crippen LogP contribution in [0.4, 0.5) is 10.1 Å². The molecule has 4 heteroatoms. The van der Waals surface area contributed by atoms with Gasteiger partial charge in [0.2, 0.25) is 0 Å². The second-order valence-corrected chi connectivity index (χ2v) is 6.29. The number of hydrogen-bond acceptors (Lipinski definition) is 2. The van der Waals surface area contributed by atoms with E-state index in [0.717, 1.165) is 12.8 Å². The van der Waals surface area contributed by atoms with E-state index in [9.17, 15) is 14.3 Å². The van der Waals surface area contributed by atoms with E-state index in [1.807, 2.05) is 4.90 Å². The number of rotatable bonds is 8. The van der Waals surface area contributed by atoms with Gasteiger partial charge in [-0.05, 0) is 36.8 Å². The van der Waals surface area contributed by atoms with Gasteiger partial charge < -0.3 is 10.0 Å². The van der Waals surface area contributed by atoms with E-state index in [4.69, 9.17) is 0 Å². The van der Waals surface area contributed by atoms with Crippen molar-refractivity contribution >= 4 is 11.7 Å². The molecule has 0 heterocycles. The molecule has 1 rings (SSSR count). The van der Waals surface area contributed by atoms with E-state index in [0.29, 0.717) is 24.9 Å². The molecule has 0 saturated carbocycles. The number of carboxylic acids is 1. The second kappa shape index (κ2) is 8.01. The zero-order valence-corrected chi connectivity index (χ0v) is 13.4. The quantitative estimate of drug-likeness (QED) is 0.771. The molecule has 0 saturated heterocycles. The Morgan fingerprint density at radius 1 is 1.14 bits per heavy atom. The molecule has 0 atom stereocenters. The fourth-order valence-corrected chi connectivity index (χ4v) is 2.17. The second-order valence-electron chi connectivity index (χ2n) is 6.29. The molecule has 0 radical (unpaired) electrons. The lowest BCUT2D eigenvalue weighted by Gasteiger charge is -2.28. The third-order valence-corrected chi connectivity index (χ3v) is 3.49. The maximum Gasteiger partial charge on any atom is 0.337 e. The van der Waals surface area contributed by atoms with Gasteiger partial charge in [-0.15, -0.1) is 0 Å². The number of anilines is 1. The van der Waals surface area contributed by atoms with Gasteiger partial charge in [-0.25, -0.2) is 9.18 Å². The molecule has 1 aromatic carbocycles. The van der Waals surface area contributed by atoms with E-state index in [-0.39, 0.29) is 11.3 Å². The van der Waals surface area contributed by atoms with Crippen LogP contribution in [0.5, 0.6) is 0 Å². The average Bonchev–Trinajstić information content (AvgIpc) is 2.38. The van der Waals surface area contributed by atoms with Crippen molar-refractivity contribution in [2.24, 2.45) is 11.8 Å². The molecular weight excluding hydrogens is 269 g/mol. The molecule has 118 valence electrons. The van der Waals surface area contributed by atoms with E-state index in [2.05, 4.69) is 27.7 Å². The Labute approximate surface area is 126 Å². The predicted octanol–water partition coefficient (Wildman–Crippen LogP) is 4.42. The number of para-hydroxylation sites is 1. The molecule has 0 fully saturated rings. The molecule has 0 spiro atoms. The van der Waals surface area contributed by atoms with Crippen molar-refractivity contribution in [1.29, 1.82) is 0 Å². The highest BCUT2D eigenvalue weighted by Gasteiger charge is 2.20. The number of aromatic carboxylic acids is 1. The van der Waals surface area contributed by atoms with Gasteiger partial charge in [0.05, 0.1) is 11.3 Å². The molecule has 0 aliphatic carbocycles. The number of carbonyl (C=O) groups is 1. The minimum absolute atomic E-state index is 0.0440. The lowest BCUT2D eigenvalue weighted by Crippen LogP contribution is -2.30. The van der Waals surface area contributed by atoms with Crippen LogP contribution in [0.25, 0.3) is 0 Å². The SMILES string of the molecule is CC(C)CCN(CCC(C)C)c1c(F)cccc1C(=O)O. The van der Waals surface area contributed by atoms with Crippen LogP contribution < -0.4 is 4.90 Å². The van der Waals surface area contributed by atoms with Crippen molar-refractivity contribution in [3.8, 4) is 0 Å². The minimum atomic E-state index is -1.08. The zero-order valence-electron chi connectivity index (χ0n) is 13.4. The monoisotopic (exact) mass is 295 g/mol. The summed E-state index contributed by atoms with van der Waals surface area (Å²) in [5, 5.41) is 9.30. The first-order valence-corrected chi connectivity index (χ1v) is 7.59. The molecule has 0 unspecified atom stereocenters. The Hall–Kier alpha value is -1.58. The number of hydrogen-bond donors (Lipinski definition) is 1. The molecule has 1 N–H and O–H groups in total. The van der Waals surface area contributed by atoms with Gasteiger partial charge in [-0.2, -0.15) is 0 Å². The first-order valence-electron chi connectivity index (χ1n) is 7.59. The van der Waals surface area contributed by atoms with Crippen molar-refractivity contribution in [3.63, 3.8) is 0 Å². The summed E-state index contributed by atoms with van der Waals surface area (Å²) in [6.45, 7) is 9.79. The smallest absolute Gasteiger partial charge is 0.337 e. The van der Waals surface area contributed by atoms with E-state index in [1.54, 1.807) is 0 Å². The van der Waals surface area contributed by atoms with Gasteiger partial charge in [-0.1, -0.05) is 33.8 Å². The van der Waals surface area contributed by atoms with Crippen LogP contribution in [0, 0.1) is 17.7 Å². The van der Waals surface area contributed by atoms with Crippen LogP contribution in [-0.2, 0) is 0 Å². The average molecular weight is 295 g/mol. The highest BCUT2D eigenvalue weighted by Crippen LogP contribution is 2.26. The van der Waals surface area contributed by atoms with Crippen LogP contribution in [-0.4, -0.2) is 24.2 Å². The van der Waals surface area contributed by atoms with Crippen LogP contribution in [0.1, 0.15) is 50.9 Å². The summed E-state index contributed by atoms with van der Waals surface area (Å²) in [6, 6.07) is 4.25. The van der Waals surface area contributed by atoms with Crippen molar-refractivity contribution in [1.82, 2.24) is 0 Å². The largest absolute Gasteiger partial charge is 0.478 e. The Kier molecular flexibility index (Phi) is 6.66. The van der Waals surface area contributed by atoms with Crippen molar-refractivity contribution < 1.29 is 14.3 Å². The van der Waals surface area contributed by atoms with Gasteiger partial charge in [0, 0.05) is 13.1 Å². The molecule has 0 aliphatic heterocycles. The van der Waals surface area contributed by atoms with Gasteiger partial charge in [0.25, 0.3) is 0 Å². The van der Waals surface area contributed by atoms with E-state index < -0.39 is 11.8 Å². The summed E-state index contributed by atoms with van der Waals surface area (Å²) in [7, 11) is 0. The molecule has 21 heavy (non-hydrogen) atoms. The van der Waals surface area contributed by atoms with Crippen LogP contribution in [0.3, 0.4) is 0 Å². The van der Waals surface area contributed by atoms with Crippen LogP contribution >= 0.6 is 0 Å². The van der Waals surface area contributed by atoms with Gasteiger partial charge >= 0.3 is 5.97 Å². The maximum absolute atomic E-state index is 14.2. The van der Waals surface area contributed by atoms with E-state index >= 15 is 0 Å². The summed E-state index contributed by atoms with van der Waals surface area (Å²) in [5.41, 5.74) is 0.272. The number of nitrogens with zero attached hydrogens (tertiary/aromatic N) is 1. The normalized spacial score (nSPS) is 11.2. The topological polar surface area (TPSA) is 40.5 Å². The van der Waals surface area contributed by atoms with Crippen molar-refractivity contribution in [2.45, 2.75) is 40.5 Å². The van der Waals surface area contributed by atoms with Crippen molar-refractivity contribution in [3.05, 3.63) is 29.6 Å². The lowest BCUT2D eigenvalue weighted by atomic mass is 10.1. The Balaban J connectivity index is 3.08. The van der Waals surface area contributed by atoms with Crippen molar-refractivity contribution in [2.75, 3.05) is 18.0 Å². The molecule has 0 aliphatic rings. The van der Waals surface area contributed by atoms with E-state index in [1.165, 1.54) is 18.2 Å². The zero-order chi connectivity index (χ0) is 16.0. The summed E-state index contributed by atoms with van der Waals surface area (Å²) in [4.78, 5) is 13.2. The number of benzene rings is 1. The van der Waals surface area contributed by atoms with Gasteiger partial charge in [-0.3, -0.25) is 0 Å². The molecule has 0 bridgehead atoms. The number of halogens is 1. The van der Waals surface area contributed by atoms with Gasteiger partial charge in [0.1, 0.15) is 5.82 Å². The third kappa shape index (κ3) is 5.37. The Morgan fingerprint density at radius 2 is 1.67 bits per heavy atom. The fourth-order valence-electron chi connectivity index (χ4n) is 2.17. The third-order valence-electron chi connectivity index (χ3n) is 3.49. The predicted molar refractivity (Wildman–Crippen MR) is 84.5 cm³/mol. The Morgan fingerprint density at radius 3 is 2.10 bits per heavy atom. The molecule has 3 nitrogen and oxygen atoms in total. The van der Waals surface area contributed by atoms with Crippen LogP contribution in [0.15, 0.2) is 18.2 Å². The Bertz CT molecular complexity index is 460. The first-order chi connectivity index (χ1) is 9.82. The standard InChI is InChI=1S/C17H26FNO2/c1-12(2)8-10-19(11-9-13(3)4)16-14(17(20)21)6-5-7-15(16)18/h5-7,12-13H,8-11H2,1-4H3,(H,20,21). The summed E-state index contributed by atoms with van der Waals surface area (Å²) >= 11 is 0. The summed E-state index contributed by atoms with van der Waals surface area (Å²) in [6.07, 6.45) is 1.82. The first kappa shape index (κ1) is 17.5.